The number of ether oxygens (including phenoxy) is 1. The summed E-state index contributed by atoms with van der Waals surface area (Å²) in [6.07, 6.45) is 2.72. The van der Waals surface area contributed by atoms with Crippen LogP contribution in [0.1, 0.15) is 18.1 Å². The molecule has 7 heteroatoms. The zero-order valence-corrected chi connectivity index (χ0v) is 17.4. The minimum atomic E-state index is -3.67. The maximum atomic E-state index is 12.8. The topological polar surface area (TPSA) is 75.7 Å². The number of aryl methyl sites for hydroxylation is 2. The van der Waals surface area contributed by atoms with E-state index in [1.165, 1.54) is 0 Å². The summed E-state index contributed by atoms with van der Waals surface area (Å²) >= 11 is 0. The first-order chi connectivity index (χ1) is 13.1. The van der Waals surface area contributed by atoms with Crippen LogP contribution in [0.3, 0.4) is 0 Å². The molecule has 1 atom stereocenters. The highest BCUT2D eigenvalue weighted by Crippen LogP contribution is 2.25. The maximum Gasteiger partial charge on any atom is 0.247 e. The molecule has 0 aromatic heterocycles. The van der Waals surface area contributed by atoms with E-state index in [1.54, 1.807) is 49.4 Å². The quantitative estimate of drug-likeness (QED) is 0.684. The molecule has 0 spiro atoms. The molecule has 2 rings (SSSR count). The summed E-state index contributed by atoms with van der Waals surface area (Å²) in [4.78, 5) is 12.8. The van der Waals surface area contributed by atoms with Crippen molar-refractivity contribution in [3.8, 4) is 5.75 Å². The number of carbonyl (C=O) groups is 1. The number of amides is 1. The molecule has 0 radical (unpaired) electrons. The molecule has 2 aromatic rings. The van der Waals surface area contributed by atoms with Crippen LogP contribution in [0.5, 0.6) is 5.75 Å². The lowest BCUT2D eigenvalue weighted by atomic mass is 10.1. The van der Waals surface area contributed by atoms with Gasteiger partial charge in [-0.05, 0) is 56.2 Å². The second-order valence-electron chi connectivity index (χ2n) is 6.62. The minimum absolute atomic E-state index is 0.350. The summed E-state index contributed by atoms with van der Waals surface area (Å²) in [5.41, 5.74) is 2.97. The molecule has 150 valence electrons. The Bertz CT molecular complexity index is 970. The fourth-order valence-electron chi connectivity index (χ4n) is 2.74. The second kappa shape index (κ2) is 8.93. The van der Waals surface area contributed by atoms with E-state index < -0.39 is 22.0 Å². The van der Waals surface area contributed by atoms with Gasteiger partial charge in [0.15, 0.2) is 0 Å². The third-order valence-electron chi connectivity index (χ3n) is 4.30. The van der Waals surface area contributed by atoms with Gasteiger partial charge in [0.05, 0.1) is 11.9 Å². The largest absolute Gasteiger partial charge is 0.489 e. The summed E-state index contributed by atoms with van der Waals surface area (Å²) in [5.74, 6) is 0.143. The molecular formula is C21H26N2O4S. The van der Waals surface area contributed by atoms with Gasteiger partial charge in [-0.3, -0.25) is 9.10 Å². The van der Waals surface area contributed by atoms with Crippen LogP contribution in [-0.4, -0.2) is 33.2 Å². The van der Waals surface area contributed by atoms with Crippen LogP contribution in [-0.2, 0) is 14.8 Å². The molecule has 28 heavy (non-hydrogen) atoms. The van der Waals surface area contributed by atoms with Gasteiger partial charge >= 0.3 is 0 Å². The van der Waals surface area contributed by atoms with E-state index >= 15 is 0 Å². The van der Waals surface area contributed by atoms with Crippen LogP contribution < -0.4 is 14.4 Å². The molecule has 0 bridgehead atoms. The predicted molar refractivity (Wildman–Crippen MR) is 113 cm³/mol. The summed E-state index contributed by atoms with van der Waals surface area (Å²) in [5, 5.41) is 2.76. The number of sulfonamides is 1. The van der Waals surface area contributed by atoms with Crippen LogP contribution in [0.25, 0.3) is 0 Å². The van der Waals surface area contributed by atoms with Crippen molar-refractivity contribution < 1.29 is 17.9 Å². The first-order valence-corrected chi connectivity index (χ1v) is 10.7. The number of hydrogen-bond donors (Lipinski definition) is 1. The Hall–Kier alpha value is -2.80. The molecule has 1 N–H and O–H groups in total. The van der Waals surface area contributed by atoms with Crippen molar-refractivity contribution in [2.75, 3.05) is 22.5 Å². The van der Waals surface area contributed by atoms with Crippen molar-refractivity contribution >= 4 is 27.3 Å². The van der Waals surface area contributed by atoms with Crippen LogP contribution in [0.15, 0.2) is 55.1 Å². The summed E-state index contributed by atoms with van der Waals surface area (Å²) in [6, 6.07) is 11.3. The van der Waals surface area contributed by atoms with Crippen LogP contribution in [0.2, 0.25) is 0 Å². The molecule has 0 fully saturated rings. The molecule has 0 unspecified atom stereocenters. The highest BCUT2D eigenvalue weighted by molar-refractivity contribution is 7.92. The molecule has 2 aromatic carbocycles. The van der Waals surface area contributed by atoms with E-state index in [4.69, 9.17) is 4.74 Å². The van der Waals surface area contributed by atoms with Crippen LogP contribution in [0.4, 0.5) is 11.4 Å². The number of hydrogen-bond acceptors (Lipinski definition) is 4. The average Bonchev–Trinajstić information content (AvgIpc) is 2.62. The average molecular weight is 403 g/mol. The molecule has 0 heterocycles. The van der Waals surface area contributed by atoms with E-state index in [-0.39, 0.29) is 0 Å². The SMILES string of the molecule is C=CCOc1cccc(NC(=O)[C@@H](C)N(c2ccc(C)c(C)c2)S(C)(=O)=O)c1. The van der Waals surface area contributed by atoms with E-state index in [9.17, 15) is 13.2 Å². The van der Waals surface area contributed by atoms with E-state index in [0.29, 0.717) is 23.7 Å². The maximum absolute atomic E-state index is 12.8. The molecule has 0 aliphatic heterocycles. The van der Waals surface area contributed by atoms with Crippen molar-refractivity contribution in [3.05, 3.63) is 66.2 Å². The van der Waals surface area contributed by atoms with Crippen LogP contribution >= 0.6 is 0 Å². The van der Waals surface area contributed by atoms with Crippen LogP contribution in [0, 0.1) is 13.8 Å². The molecule has 0 saturated carbocycles. The van der Waals surface area contributed by atoms with Crippen molar-refractivity contribution in [2.24, 2.45) is 0 Å². The van der Waals surface area contributed by atoms with Gasteiger partial charge in [-0.1, -0.05) is 24.8 Å². The van der Waals surface area contributed by atoms with Gasteiger partial charge in [0.2, 0.25) is 15.9 Å². The molecular weight excluding hydrogens is 376 g/mol. The number of anilines is 2. The predicted octanol–water partition coefficient (Wildman–Crippen LogP) is 3.66. The number of rotatable bonds is 8. The van der Waals surface area contributed by atoms with Gasteiger partial charge in [-0.25, -0.2) is 8.42 Å². The fraction of sp³-hybridized carbons (Fsp3) is 0.286. The Balaban J connectivity index is 2.27. The van der Waals surface area contributed by atoms with Crippen molar-refractivity contribution in [2.45, 2.75) is 26.8 Å². The third kappa shape index (κ3) is 5.36. The highest BCUT2D eigenvalue weighted by atomic mass is 32.2. The zero-order chi connectivity index (χ0) is 20.9. The summed E-state index contributed by atoms with van der Waals surface area (Å²) < 4.78 is 31.4. The Labute approximate surface area is 166 Å². The lowest BCUT2D eigenvalue weighted by Gasteiger charge is -2.28. The Morgan fingerprint density at radius 3 is 2.54 bits per heavy atom. The lowest BCUT2D eigenvalue weighted by Crippen LogP contribution is -2.45. The lowest BCUT2D eigenvalue weighted by molar-refractivity contribution is -0.116. The molecule has 0 aliphatic rings. The normalized spacial score (nSPS) is 12.1. The highest BCUT2D eigenvalue weighted by Gasteiger charge is 2.29. The number of nitrogens with zero attached hydrogens (tertiary/aromatic N) is 1. The number of benzene rings is 2. The molecule has 0 saturated heterocycles. The van der Waals surface area contributed by atoms with Gasteiger partial charge in [0.25, 0.3) is 0 Å². The first-order valence-electron chi connectivity index (χ1n) is 8.84. The van der Waals surface area contributed by atoms with Gasteiger partial charge < -0.3 is 10.1 Å². The second-order valence-corrected chi connectivity index (χ2v) is 8.48. The number of carbonyl (C=O) groups excluding carboxylic acids is 1. The zero-order valence-electron chi connectivity index (χ0n) is 16.6. The van der Waals surface area contributed by atoms with E-state index in [2.05, 4.69) is 11.9 Å². The summed E-state index contributed by atoms with van der Waals surface area (Å²) in [6.45, 7) is 9.35. The monoisotopic (exact) mass is 402 g/mol. The third-order valence-corrected chi connectivity index (χ3v) is 5.54. The first kappa shape index (κ1) is 21.5. The molecule has 1 amide bonds. The van der Waals surface area contributed by atoms with E-state index in [0.717, 1.165) is 21.7 Å². The smallest absolute Gasteiger partial charge is 0.247 e. The fourth-order valence-corrected chi connectivity index (χ4v) is 3.90. The Morgan fingerprint density at radius 2 is 1.93 bits per heavy atom. The van der Waals surface area contributed by atoms with Crippen molar-refractivity contribution in [1.82, 2.24) is 0 Å². The molecule has 0 aliphatic carbocycles. The Morgan fingerprint density at radius 1 is 1.21 bits per heavy atom. The number of nitrogens with one attached hydrogen (secondary N) is 1. The minimum Gasteiger partial charge on any atom is -0.489 e. The van der Waals surface area contributed by atoms with Gasteiger partial charge in [-0.2, -0.15) is 0 Å². The van der Waals surface area contributed by atoms with Crippen molar-refractivity contribution in [1.29, 1.82) is 0 Å². The van der Waals surface area contributed by atoms with Crippen molar-refractivity contribution in [3.63, 3.8) is 0 Å². The van der Waals surface area contributed by atoms with E-state index in [1.807, 2.05) is 19.9 Å². The summed E-state index contributed by atoms with van der Waals surface area (Å²) in [7, 11) is -3.67. The standard InChI is InChI=1S/C21H26N2O4S/c1-6-12-27-20-9-7-8-18(14-20)22-21(24)17(4)23(28(5,25)26)19-11-10-15(2)16(3)13-19/h6-11,13-14,17H,1,12H2,2-5H3,(H,22,24)/t17-/m1/s1. The molecule has 6 nitrogen and oxygen atoms in total. The van der Waals surface area contributed by atoms with Gasteiger partial charge in [0.1, 0.15) is 18.4 Å². The van der Waals surface area contributed by atoms with Gasteiger partial charge in [-0.15, -0.1) is 0 Å². The van der Waals surface area contributed by atoms with Gasteiger partial charge in [0, 0.05) is 11.8 Å². The Kier molecular flexibility index (Phi) is 6.85.